The van der Waals surface area contributed by atoms with Crippen LogP contribution in [0.2, 0.25) is 0 Å². The molecule has 2 nitrogen and oxygen atoms in total. The van der Waals surface area contributed by atoms with E-state index in [1.165, 1.54) is 6.07 Å². The van der Waals surface area contributed by atoms with Gasteiger partial charge in [-0.1, -0.05) is 0 Å². The fourth-order valence-corrected chi connectivity index (χ4v) is 1.33. The maximum absolute atomic E-state index is 13.2. The van der Waals surface area contributed by atoms with Gasteiger partial charge in [-0.2, -0.15) is 5.10 Å². The van der Waals surface area contributed by atoms with Gasteiger partial charge in [0.2, 0.25) is 0 Å². The molecule has 1 aromatic heterocycles. The summed E-state index contributed by atoms with van der Waals surface area (Å²) in [5, 5.41) is 7.48. The van der Waals surface area contributed by atoms with Gasteiger partial charge in [-0.15, -0.1) is 0 Å². The highest BCUT2D eigenvalue weighted by Gasteiger charge is 2.06. The molecule has 2 aromatic rings. The maximum atomic E-state index is 13.2. The molecule has 0 aliphatic carbocycles. The molecule has 0 fully saturated rings. The zero-order chi connectivity index (χ0) is 8.72. The fraction of sp³-hybridized carbons (Fsp3) is 0.222. The standard InChI is InChI=1S/C9H9FN2/c1-5-3-7-6(2)11-12-9(7)8(10)4-5/h3-4H,1-2H3,(H,11,12). The Labute approximate surface area is 69.4 Å². The van der Waals surface area contributed by atoms with Crippen LogP contribution in [0, 0.1) is 19.7 Å². The van der Waals surface area contributed by atoms with E-state index in [9.17, 15) is 4.39 Å². The summed E-state index contributed by atoms with van der Waals surface area (Å²) in [6.07, 6.45) is 0. The van der Waals surface area contributed by atoms with Crippen molar-refractivity contribution in [1.29, 1.82) is 0 Å². The van der Waals surface area contributed by atoms with E-state index >= 15 is 0 Å². The number of aryl methyl sites for hydroxylation is 2. The van der Waals surface area contributed by atoms with E-state index < -0.39 is 0 Å². The second kappa shape index (κ2) is 2.30. The van der Waals surface area contributed by atoms with Crippen LogP contribution >= 0.6 is 0 Å². The number of halogens is 1. The summed E-state index contributed by atoms with van der Waals surface area (Å²) in [7, 11) is 0. The summed E-state index contributed by atoms with van der Waals surface area (Å²) in [6, 6.07) is 3.42. The molecular weight excluding hydrogens is 155 g/mol. The predicted octanol–water partition coefficient (Wildman–Crippen LogP) is 2.32. The van der Waals surface area contributed by atoms with Crippen LogP contribution in [0.1, 0.15) is 11.3 Å². The van der Waals surface area contributed by atoms with Crippen molar-refractivity contribution in [1.82, 2.24) is 10.2 Å². The van der Waals surface area contributed by atoms with Crippen molar-refractivity contribution in [2.24, 2.45) is 0 Å². The molecule has 1 aromatic carbocycles. The molecule has 0 saturated carbocycles. The topological polar surface area (TPSA) is 28.7 Å². The average Bonchev–Trinajstić information content (AvgIpc) is 2.33. The van der Waals surface area contributed by atoms with Crippen LogP contribution in [0.15, 0.2) is 12.1 Å². The Bertz CT molecular complexity index is 431. The SMILES string of the molecule is Cc1cc(F)c2n[nH]c(C)c2c1. The molecule has 0 aliphatic rings. The molecule has 1 heterocycles. The second-order valence-corrected chi connectivity index (χ2v) is 2.99. The number of hydrogen-bond donors (Lipinski definition) is 1. The zero-order valence-corrected chi connectivity index (χ0v) is 6.98. The van der Waals surface area contributed by atoms with Crippen LogP contribution in [0.3, 0.4) is 0 Å². The zero-order valence-electron chi connectivity index (χ0n) is 6.98. The van der Waals surface area contributed by atoms with Crippen LogP contribution in [0.5, 0.6) is 0 Å². The Hall–Kier alpha value is -1.38. The third-order valence-electron chi connectivity index (χ3n) is 1.95. The summed E-state index contributed by atoms with van der Waals surface area (Å²) in [4.78, 5) is 0. The van der Waals surface area contributed by atoms with Crippen molar-refractivity contribution in [3.63, 3.8) is 0 Å². The lowest BCUT2D eigenvalue weighted by Crippen LogP contribution is -1.80. The van der Waals surface area contributed by atoms with E-state index in [1.54, 1.807) is 0 Å². The molecule has 0 unspecified atom stereocenters. The average molecular weight is 164 g/mol. The van der Waals surface area contributed by atoms with Gasteiger partial charge in [-0.3, -0.25) is 5.10 Å². The number of hydrogen-bond acceptors (Lipinski definition) is 1. The normalized spacial score (nSPS) is 10.9. The van der Waals surface area contributed by atoms with E-state index in [2.05, 4.69) is 10.2 Å². The Morgan fingerprint density at radius 2 is 2.08 bits per heavy atom. The molecule has 62 valence electrons. The minimum Gasteiger partial charge on any atom is -0.282 e. The molecular formula is C9H9FN2. The van der Waals surface area contributed by atoms with Crippen LogP contribution < -0.4 is 0 Å². The van der Waals surface area contributed by atoms with Gasteiger partial charge in [0, 0.05) is 11.1 Å². The van der Waals surface area contributed by atoms with E-state index in [0.717, 1.165) is 16.6 Å². The van der Waals surface area contributed by atoms with E-state index in [4.69, 9.17) is 0 Å². The third kappa shape index (κ3) is 0.897. The molecule has 0 spiro atoms. The van der Waals surface area contributed by atoms with Gasteiger partial charge in [0.25, 0.3) is 0 Å². The number of aromatic nitrogens is 2. The van der Waals surface area contributed by atoms with Gasteiger partial charge in [0.15, 0.2) is 5.82 Å². The van der Waals surface area contributed by atoms with E-state index in [0.29, 0.717) is 5.52 Å². The monoisotopic (exact) mass is 164 g/mol. The van der Waals surface area contributed by atoms with Crippen molar-refractivity contribution in [2.45, 2.75) is 13.8 Å². The van der Waals surface area contributed by atoms with Gasteiger partial charge < -0.3 is 0 Å². The Morgan fingerprint density at radius 3 is 2.83 bits per heavy atom. The minimum atomic E-state index is -0.255. The first kappa shape index (κ1) is 7.28. The molecule has 0 amide bonds. The largest absolute Gasteiger partial charge is 0.282 e. The van der Waals surface area contributed by atoms with E-state index in [-0.39, 0.29) is 5.82 Å². The second-order valence-electron chi connectivity index (χ2n) is 2.99. The van der Waals surface area contributed by atoms with Crippen molar-refractivity contribution < 1.29 is 4.39 Å². The number of aromatic amines is 1. The molecule has 2 rings (SSSR count). The van der Waals surface area contributed by atoms with Crippen molar-refractivity contribution >= 4 is 10.9 Å². The van der Waals surface area contributed by atoms with Crippen molar-refractivity contribution in [3.8, 4) is 0 Å². The summed E-state index contributed by atoms with van der Waals surface area (Å²) < 4.78 is 13.2. The molecule has 0 aliphatic heterocycles. The molecule has 0 radical (unpaired) electrons. The quantitative estimate of drug-likeness (QED) is 0.636. The van der Waals surface area contributed by atoms with Crippen molar-refractivity contribution in [2.75, 3.05) is 0 Å². The molecule has 0 bridgehead atoms. The lowest BCUT2D eigenvalue weighted by Gasteiger charge is -1.94. The predicted molar refractivity (Wildman–Crippen MR) is 45.5 cm³/mol. The maximum Gasteiger partial charge on any atom is 0.151 e. The van der Waals surface area contributed by atoms with E-state index in [1.807, 2.05) is 19.9 Å². The number of H-pyrrole nitrogens is 1. The number of benzene rings is 1. The van der Waals surface area contributed by atoms with Gasteiger partial charge in [-0.25, -0.2) is 4.39 Å². The summed E-state index contributed by atoms with van der Waals surface area (Å²) >= 11 is 0. The molecule has 0 saturated heterocycles. The third-order valence-corrected chi connectivity index (χ3v) is 1.95. The number of rotatable bonds is 0. The number of nitrogens with zero attached hydrogens (tertiary/aromatic N) is 1. The molecule has 1 N–H and O–H groups in total. The van der Waals surface area contributed by atoms with Crippen LogP contribution in [-0.4, -0.2) is 10.2 Å². The first-order chi connectivity index (χ1) is 5.68. The molecule has 3 heteroatoms. The Kier molecular flexibility index (Phi) is 1.40. The number of nitrogens with one attached hydrogen (secondary N) is 1. The molecule has 0 atom stereocenters. The molecule has 12 heavy (non-hydrogen) atoms. The first-order valence-electron chi connectivity index (χ1n) is 3.79. The Balaban J connectivity index is 2.92. The fourth-order valence-electron chi connectivity index (χ4n) is 1.33. The summed E-state index contributed by atoms with van der Waals surface area (Å²) in [6.45, 7) is 3.75. The summed E-state index contributed by atoms with van der Waals surface area (Å²) in [5.74, 6) is -0.255. The van der Waals surface area contributed by atoms with Gasteiger partial charge in [0.05, 0.1) is 0 Å². The Morgan fingerprint density at radius 1 is 1.33 bits per heavy atom. The van der Waals surface area contributed by atoms with Gasteiger partial charge >= 0.3 is 0 Å². The van der Waals surface area contributed by atoms with Gasteiger partial charge in [-0.05, 0) is 31.5 Å². The number of fused-ring (bicyclic) bond motifs is 1. The van der Waals surface area contributed by atoms with Gasteiger partial charge in [0.1, 0.15) is 5.52 Å². The lowest BCUT2D eigenvalue weighted by atomic mass is 10.1. The van der Waals surface area contributed by atoms with Crippen LogP contribution in [0.25, 0.3) is 10.9 Å². The van der Waals surface area contributed by atoms with Crippen LogP contribution in [0.4, 0.5) is 4.39 Å². The minimum absolute atomic E-state index is 0.255. The highest BCUT2D eigenvalue weighted by Crippen LogP contribution is 2.19. The van der Waals surface area contributed by atoms with Crippen LogP contribution in [-0.2, 0) is 0 Å². The highest BCUT2D eigenvalue weighted by atomic mass is 19.1. The lowest BCUT2D eigenvalue weighted by molar-refractivity contribution is 0.635. The van der Waals surface area contributed by atoms with Crippen molar-refractivity contribution in [3.05, 3.63) is 29.2 Å². The smallest absolute Gasteiger partial charge is 0.151 e. The summed E-state index contributed by atoms with van der Waals surface area (Å²) in [5.41, 5.74) is 2.26. The highest BCUT2D eigenvalue weighted by molar-refractivity contribution is 5.82. The first-order valence-corrected chi connectivity index (χ1v) is 3.79.